The van der Waals surface area contributed by atoms with Crippen LogP contribution in [0.3, 0.4) is 0 Å². The van der Waals surface area contributed by atoms with Crippen LogP contribution in [0.25, 0.3) is 0 Å². The number of phenols is 1. The molecule has 0 aliphatic carbocycles. The van der Waals surface area contributed by atoms with Gasteiger partial charge in [0.1, 0.15) is 11.4 Å². The molecule has 1 aliphatic rings. The van der Waals surface area contributed by atoms with Crippen molar-refractivity contribution in [2.24, 2.45) is 0 Å². The average molecular weight is 349 g/mol. The molecule has 1 amide bonds. The Morgan fingerprint density at radius 3 is 2.58 bits per heavy atom. The number of phenolic OH excluding ortho intramolecular Hbond substituents is 1. The molecule has 0 fully saturated rings. The molecular formula is C22H23NO3. The van der Waals surface area contributed by atoms with Crippen molar-refractivity contribution in [1.82, 2.24) is 4.90 Å². The third-order valence-corrected chi connectivity index (χ3v) is 4.09. The van der Waals surface area contributed by atoms with Crippen molar-refractivity contribution in [2.45, 2.75) is 39.3 Å². The highest BCUT2D eigenvalue weighted by atomic mass is 16.6. The summed E-state index contributed by atoms with van der Waals surface area (Å²) in [6.45, 7) is 6.58. The third-order valence-electron chi connectivity index (χ3n) is 4.09. The number of carbonyl (C=O) groups is 1. The van der Waals surface area contributed by atoms with Crippen LogP contribution in [-0.4, -0.2) is 28.2 Å². The van der Waals surface area contributed by atoms with Crippen molar-refractivity contribution in [2.75, 3.05) is 6.54 Å². The van der Waals surface area contributed by atoms with E-state index in [-0.39, 0.29) is 11.8 Å². The number of hydrogen-bond donors (Lipinski definition) is 1. The predicted octanol–water partition coefficient (Wildman–Crippen LogP) is 4.09. The van der Waals surface area contributed by atoms with Gasteiger partial charge in [0.2, 0.25) is 0 Å². The van der Waals surface area contributed by atoms with Crippen molar-refractivity contribution in [3.8, 4) is 17.6 Å². The van der Waals surface area contributed by atoms with E-state index in [1.54, 1.807) is 17.0 Å². The highest BCUT2D eigenvalue weighted by Gasteiger charge is 2.27. The van der Waals surface area contributed by atoms with Gasteiger partial charge in [-0.25, -0.2) is 4.79 Å². The van der Waals surface area contributed by atoms with Gasteiger partial charge in [0.25, 0.3) is 0 Å². The molecule has 1 aliphatic heterocycles. The Morgan fingerprint density at radius 2 is 1.88 bits per heavy atom. The molecule has 0 saturated heterocycles. The largest absolute Gasteiger partial charge is 0.508 e. The summed E-state index contributed by atoms with van der Waals surface area (Å²) < 4.78 is 5.49. The number of rotatable bonds is 0. The van der Waals surface area contributed by atoms with Crippen molar-refractivity contribution in [3.63, 3.8) is 0 Å². The Morgan fingerprint density at radius 1 is 1.15 bits per heavy atom. The lowest BCUT2D eigenvalue weighted by Crippen LogP contribution is -2.40. The molecule has 0 radical (unpaired) electrons. The van der Waals surface area contributed by atoms with Crippen LogP contribution < -0.4 is 0 Å². The zero-order valence-electron chi connectivity index (χ0n) is 15.4. The zero-order chi connectivity index (χ0) is 18.7. The lowest BCUT2D eigenvalue weighted by atomic mass is 9.94. The first kappa shape index (κ1) is 17.9. The van der Waals surface area contributed by atoms with Gasteiger partial charge in [0.15, 0.2) is 0 Å². The number of amides is 1. The van der Waals surface area contributed by atoms with E-state index >= 15 is 0 Å². The van der Waals surface area contributed by atoms with Gasteiger partial charge in [-0.1, -0.05) is 30.0 Å². The van der Waals surface area contributed by atoms with Crippen molar-refractivity contribution < 1.29 is 14.6 Å². The Hall–Kier alpha value is -2.93. The molecule has 26 heavy (non-hydrogen) atoms. The van der Waals surface area contributed by atoms with Crippen LogP contribution in [0.15, 0.2) is 42.5 Å². The maximum Gasteiger partial charge on any atom is 0.410 e. The molecule has 1 heterocycles. The minimum absolute atomic E-state index is 0.201. The molecule has 3 rings (SSSR count). The van der Waals surface area contributed by atoms with E-state index in [9.17, 15) is 9.90 Å². The van der Waals surface area contributed by atoms with E-state index in [0.717, 1.165) is 22.3 Å². The second-order valence-corrected chi connectivity index (χ2v) is 7.40. The summed E-state index contributed by atoms with van der Waals surface area (Å²) in [5.74, 6) is 6.47. The quantitative estimate of drug-likeness (QED) is 0.729. The van der Waals surface area contributed by atoms with Gasteiger partial charge in [0, 0.05) is 17.7 Å². The molecule has 4 heteroatoms. The molecule has 2 aromatic carbocycles. The molecule has 134 valence electrons. The molecule has 1 N–H and O–H groups in total. The second kappa shape index (κ2) is 7.13. The summed E-state index contributed by atoms with van der Waals surface area (Å²) in [6.07, 6.45) is 0.349. The van der Waals surface area contributed by atoms with Gasteiger partial charge in [0.05, 0.1) is 6.54 Å². The van der Waals surface area contributed by atoms with E-state index in [4.69, 9.17) is 4.74 Å². The number of aromatic hydroxyl groups is 1. The molecule has 0 bridgehead atoms. The molecule has 2 aromatic rings. The van der Waals surface area contributed by atoms with Crippen molar-refractivity contribution >= 4 is 6.09 Å². The van der Waals surface area contributed by atoms with Gasteiger partial charge in [-0.2, -0.15) is 0 Å². The minimum Gasteiger partial charge on any atom is -0.508 e. The van der Waals surface area contributed by atoms with Gasteiger partial charge in [-0.3, -0.25) is 0 Å². The standard InChI is InChI=1S/C22H23NO3/c1-22(2,3)26-21(25)23-12-11-18-14-19(24)13-17(20(18)15-23)10-9-16-7-5-4-6-8-16/h4-8,13-14,24H,11-12,15H2,1-3H3. The fourth-order valence-corrected chi connectivity index (χ4v) is 2.91. The summed E-state index contributed by atoms with van der Waals surface area (Å²) >= 11 is 0. The van der Waals surface area contributed by atoms with Crippen LogP contribution in [0.5, 0.6) is 5.75 Å². The van der Waals surface area contributed by atoms with E-state index in [0.29, 0.717) is 19.5 Å². The lowest BCUT2D eigenvalue weighted by molar-refractivity contribution is 0.0224. The van der Waals surface area contributed by atoms with E-state index < -0.39 is 5.60 Å². The van der Waals surface area contributed by atoms with Crippen LogP contribution in [0.2, 0.25) is 0 Å². The normalized spacial score (nSPS) is 13.4. The van der Waals surface area contributed by atoms with Crippen LogP contribution in [-0.2, 0) is 17.7 Å². The first-order valence-corrected chi connectivity index (χ1v) is 8.71. The van der Waals surface area contributed by atoms with Crippen LogP contribution in [0.4, 0.5) is 4.79 Å². The van der Waals surface area contributed by atoms with Gasteiger partial charge in [-0.05, 0) is 62.6 Å². The molecule has 0 saturated carbocycles. The summed E-state index contributed by atoms with van der Waals surface area (Å²) in [5, 5.41) is 10.0. The van der Waals surface area contributed by atoms with Gasteiger partial charge >= 0.3 is 6.09 Å². The third kappa shape index (κ3) is 4.37. The monoisotopic (exact) mass is 349 g/mol. The lowest BCUT2D eigenvalue weighted by Gasteiger charge is -2.31. The first-order chi connectivity index (χ1) is 12.3. The second-order valence-electron chi connectivity index (χ2n) is 7.40. The number of hydrogen-bond acceptors (Lipinski definition) is 3. The van der Waals surface area contributed by atoms with E-state index in [1.807, 2.05) is 51.1 Å². The summed E-state index contributed by atoms with van der Waals surface area (Å²) in [6, 6.07) is 13.1. The highest BCUT2D eigenvalue weighted by molar-refractivity contribution is 5.69. The molecule has 0 aromatic heterocycles. The Balaban J connectivity index is 1.89. The minimum atomic E-state index is -0.526. The average Bonchev–Trinajstić information content (AvgIpc) is 2.58. The van der Waals surface area contributed by atoms with Crippen LogP contribution in [0, 0.1) is 11.8 Å². The molecule has 0 atom stereocenters. The molecular weight excluding hydrogens is 326 g/mol. The SMILES string of the molecule is CC(C)(C)OC(=O)N1CCc2cc(O)cc(C#Cc3ccccc3)c2C1. The maximum absolute atomic E-state index is 12.4. The smallest absolute Gasteiger partial charge is 0.410 e. The Bertz CT molecular complexity index is 870. The fraction of sp³-hybridized carbons (Fsp3) is 0.318. The topological polar surface area (TPSA) is 49.8 Å². The number of benzene rings is 2. The maximum atomic E-state index is 12.4. The van der Waals surface area contributed by atoms with E-state index in [2.05, 4.69) is 11.8 Å². The molecule has 0 unspecified atom stereocenters. The van der Waals surface area contributed by atoms with Gasteiger partial charge < -0.3 is 14.7 Å². The Labute approximate surface area is 154 Å². The number of fused-ring (bicyclic) bond motifs is 1. The van der Waals surface area contributed by atoms with Gasteiger partial charge in [-0.15, -0.1) is 0 Å². The number of carbonyl (C=O) groups excluding carboxylic acids is 1. The fourth-order valence-electron chi connectivity index (χ4n) is 2.91. The Kier molecular flexibility index (Phi) is 4.90. The summed E-state index contributed by atoms with van der Waals surface area (Å²) in [7, 11) is 0. The number of ether oxygens (including phenoxy) is 1. The van der Waals surface area contributed by atoms with Crippen LogP contribution in [0.1, 0.15) is 43.0 Å². The number of nitrogens with zero attached hydrogens (tertiary/aromatic N) is 1. The summed E-state index contributed by atoms with van der Waals surface area (Å²) in [5.41, 5.74) is 3.13. The highest BCUT2D eigenvalue weighted by Crippen LogP contribution is 2.28. The van der Waals surface area contributed by atoms with Crippen LogP contribution >= 0.6 is 0 Å². The van der Waals surface area contributed by atoms with E-state index in [1.165, 1.54) is 0 Å². The molecule has 4 nitrogen and oxygen atoms in total. The zero-order valence-corrected chi connectivity index (χ0v) is 15.4. The predicted molar refractivity (Wildman–Crippen MR) is 101 cm³/mol. The van der Waals surface area contributed by atoms with Crippen molar-refractivity contribution in [1.29, 1.82) is 0 Å². The van der Waals surface area contributed by atoms with Crippen molar-refractivity contribution in [3.05, 3.63) is 64.7 Å². The summed E-state index contributed by atoms with van der Waals surface area (Å²) in [4.78, 5) is 14.1. The molecule has 0 spiro atoms. The first-order valence-electron chi connectivity index (χ1n) is 8.71.